The minimum atomic E-state index is -0.182. The van der Waals surface area contributed by atoms with E-state index in [1.807, 2.05) is 4.90 Å². The highest BCUT2D eigenvalue weighted by Crippen LogP contribution is 2.30. The van der Waals surface area contributed by atoms with Crippen LogP contribution in [0.25, 0.3) is 0 Å². The van der Waals surface area contributed by atoms with E-state index in [0.717, 1.165) is 50.9 Å². The lowest BCUT2D eigenvalue weighted by molar-refractivity contribution is -0.132. The molecule has 1 aromatic rings. The summed E-state index contributed by atoms with van der Waals surface area (Å²) in [5.41, 5.74) is 0.984. The van der Waals surface area contributed by atoms with Crippen LogP contribution in [-0.4, -0.2) is 47.0 Å². The van der Waals surface area contributed by atoms with E-state index >= 15 is 0 Å². The fourth-order valence-electron chi connectivity index (χ4n) is 4.16. The van der Waals surface area contributed by atoms with Gasteiger partial charge in [0.1, 0.15) is 5.82 Å². The summed E-state index contributed by atoms with van der Waals surface area (Å²) in [6.07, 6.45) is 4.88. The Bertz CT molecular complexity index is 641. The lowest BCUT2D eigenvalue weighted by Crippen LogP contribution is -2.43. The third kappa shape index (κ3) is 3.86. The fraction of sp³-hybridized carbons (Fsp3) is 0.722. The summed E-state index contributed by atoms with van der Waals surface area (Å²) in [7, 11) is 0. The van der Waals surface area contributed by atoms with Crippen molar-refractivity contribution in [2.45, 2.75) is 46.0 Å². The highest BCUT2D eigenvalue weighted by molar-refractivity contribution is 5.79. The molecule has 0 aromatic carbocycles. The molecule has 24 heavy (non-hydrogen) atoms. The van der Waals surface area contributed by atoms with E-state index in [1.165, 1.54) is 12.8 Å². The molecule has 1 amide bonds. The number of carbonyl (C=O) groups is 1. The Labute approximate surface area is 143 Å². The highest BCUT2D eigenvalue weighted by Gasteiger charge is 2.29. The third-order valence-corrected chi connectivity index (χ3v) is 5.61. The van der Waals surface area contributed by atoms with Gasteiger partial charge in [0, 0.05) is 24.3 Å². The van der Waals surface area contributed by atoms with Gasteiger partial charge in [-0.25, -0.2) is 4.98 Å². The standard InChI is InChI=1S/C18H28N4O2/c1-12-16(18(24)21-13(2)20-12)11-17(23)22-9-5-15(6-10-22)14-3-7-19-8-4-14/h14-15,19H,3-11H2,1-2H3,(H,20,21,24). The van der Waals surface area contributed by atoms with E-state index in [-0.39, 0.29) is 17.9 Å². The van der Waals surface area contributed by atoms with Crippen LogP contribution in [0.1, 0.15) is 42.8 Å². The summed E-state index contributed by atoms with van der Waals surface area (Å²) in [6, 6.07) is 0. The first-order valence-corrected chi connectivity index (χ1v) is 9.09. The number of piperidine rings is 2. The molecule has 3 heterocycles. The van der Waals surface area contributed by atoms with Crippen LogP contribution in [0, 0.1) is 25.7 Å². The number of nitrogens with zero attached hydrogens (tertiary/aromatic N) is 2. The molecule has 0 radical (unpaired) electrons. The second-order valence-electron chi connectivity index (χ2n) is 7.20. The summed E-state index contributed by atoms with van der Waals surface area (Å²) in [4.78, 5) is 33.5. The van der Waals surface area contributed by atoms with E-state index in [9.17, 15) is 9.59 Å². The van der Waals surface area contributed by atoms with Crippen molar-refractivity contribution in [3.63, 3.8) is 0 Å². The predicted octanol–water partition coefficient (Wildman–Crippen LogP) is 1.17. The molecule has 2 aliphatic heterocycles. The topological polar surface area (TPSA) is 78.1 Å². The van der Waals surface area contributed by atoms with Gasteiger partial charge >= 0.3 is 0 Å². The molecule has 0 atom stereocenters. The van der Waals surface area contributed by atoms with E-state index in [1.54, 1.807) is 13.8 Å². The molecule has 0 unspecified atom stereocenters. The molecule has 2 N–H and O–H groups in total. The molecular formula is C18H28N4O2. The number of aromatic amines is 1. The average Bonchev–Trinajstić information content (AvgIpc) is 2.59. The molecular weight excluding hydrogens is 304 g/mol. The number of hydrogen-bond donors (Lipinski definition) is 2. The van der Waals surface area contributed by atoms with Crippen molar-refractivity contribution in [1.29, 1.82) is 0 Å². The molecule has 0 spiro atoms. The summed E-state index contributed by atoms with van der Waals surface area (Å²) in [5.74, 6) is 2.21. The Morgan fingerprint density at radius 2 is 1.75 bits per heavy atom. The number of aromatic nitrogens is 2. The Balaban J connectivity index is 1.57. The van der Waals surface area contributed by atoms with Crippen molar-refractivity contribution in [3.05, 3.63) is 27.4 Å². The summed E-state index contributed by atoms with van der Waals surface area (Å²) < 4.78 is 0. The van der Waals surface area contributed by atoms with E-state index in [4.69, 9.17) is 0 Å². The first-order chi connectivity index (χ1) is 11.5. The van der Waals surface area contributed by atoms with Gasteiger partial charge in [0.25, 0.3) is 5.56 Å². The van der Waals surface area contributed by atoms with Crippen LogP contribution in [-0.2, 0) is 11.2 Å². The van der Waals surface area contributed by atoms with Gasteiger partial charge in [0.05, 0.1) is 6.42 Å². The first-order valence-electron chi connectivity index (χ1n) is 9.09. The van der Waals surface area contributed by atoms with Crippen molar-refractivity contribution in [2.75, 3.05) is 26.2 Å². The van der Waals surface area contributed by atoms with Crippen molar-refractivity contribution in [3.8, 4) is 0 Å². The number of rotatable bonds is 3. The van der Waals surface area contributed by atoms with Crippen LogP contribution in [0.3, 0.4) is 0 Å². The number of carbonyl (C=O) groups excluding carboxylic acids is 1. The van der Waals surface area contributed by atoms with Gasteiger partial charge in [-0.1, -0.05) is 0 Å². The predicted molar refractivity (Wildman–Crippen MR) is 92.9 cm³/mol. The molecule has 2 aliphatic rings. The molecule has 0 bridgehead atoms. The molecule has 2 saturated heterocycles. The van der Waals surface area contributed by atoms with Crippen molar-refractivity contribution < 1.29 is 4.79 Å². The first kappa shape index (κ1) is 17.1. The highest BCUT2D eigenvalue weighted by atomic mass is 16.2. The maximum atomic E-state index is 12.6. The summed E-state index contributed by atoms with van der Waals surface area (Å²) in [6.45, 7) is 7.46. The van der Waals surface area contributed by atoms with Gasteiger partial charge in [-0.2, -0.15) is 0 Å². The second kappa shape index (κ2) is 7.47. The van der Waals surface area contributed by atoms with E-state index < -0.39 is 0 Å². The van der Waals surface area contributed by atoms with Gasteiger partial charge in [-0.15, -0.1) is 0 Å². The van der Waals surface area contributed by atoms with Gasteiger partial charge < -0.3 is 15.2 Å². The van der Waals surface area contributed by atoms with Gasteiger partial charge in [0.15, 0.2) is 0 Å². The number of H-pyrrole nitrogens is 1. The van der Waals surface area contributed by atoms with Crippen molar-refractivity contribution in [2.24, 2.45) is 11.8 Å². The summed E-state index contributed by atoms with van der Waals surface area (Å²) >= 11 is 0. The number of aryl methyl sites for hydroxylation is 2. The second-order valence-corrected chi connectivity index (χ2v) is 7.20. The zero-order valence-corrected chi connectivity index (χ0v) is 14.7. The molecule has 6 nitrogen and oxygen atoms in total. The quantitative estimate of drug-likeness (QED) is 0.871. The average molecular weight is 332 g/mol. The smallest absolute Gasteiger partial charge is 0.254 e. The van der Waals surface area contributed by atoms with E-state index in [0.29, 0.717) is 17.1 Å². The van der Waals surface area contributed by atoms with Crippen LogP contribution >= 0.6 is 0 Å². The van der Waals surface area contributed by atoms with E-state index in [2.05, 4.69) is 15.3 Å². The maximum Gasteiger partial charge on any atom is 0.254 e. The molecule has 3 rings (SSSR count). The van der Waals surface area contributed by atoms with Gasteiger partial charge in [-0.05, 0) is 64.5 Å². The number of amides is 1. The van der Waals surface area contributed by atoms with Crippen LogP contribution in [0.15, 0.2) is 4.79 Å². The summed E-state index contributed by atoms with van der Waals surface area (Å²) in [5, 5.41) is 3.42. The molecule has 0 saturated carbocycles. The van der Waals surface area contributed by atoms with Crippen molar-refractivity contribution in [1.82, 2.24) is 20.2 Å². The molecule has 0 aliphatic carbocycles. The Morgan fingerprint density at radius 1 is 1.12 bits per heavy atom. The molecule has 2 fully saturated rings. The molecule has 1 aromatic heterocycles. The number of nitrogens with one attached hydrogen (secondary N) is 2. The third-order valence-electron chi connectivity index (χ3n) is 5.61. The lowest BCUT2D eigenvalue weighted by Gasteiger charge is -2.37. The normalized spacial score (nSPS) is 20.3. The number of hydrogen-bond acceptors (Lipinski definition) is 4. The minimum absolute atomic E-state index is 0.0537. The lowest BCUT2D eigenvalue weighted by atomic mass is 9.79. The SMILES string of the molecule is Cc1nc(C)c(CC(=O)N2CCC(C3CCNCC3)CC2)c(=O)[nH]1. The maximum absolute atomic E-state index is 12.6. The van der Waals surface area contributed by atoms with Crippen LogP contribution in [0.5, 0.6) is 0 Å². The molecule has 6 heteroatoms. The number of likely N-dealkylation sites (tertiary alicyclic amines) is 1. The zero-order valence-electron chi connectivity index (χ0n) is 14.7. The van der Waals surface area contributed by atoms with Gasteiger partial charge in [0.2, 0.25) is 5.91 Å². The Kier molecular flexibility index (Phi) is 5.33. The Hall–Kier alpha value is -1.69. The zero-order chi connectivity index (χ0) is 17.1. The monoisotopic (exact) mass is 332 g/mol. The largest absolute Gasteiger partial charge is 0.342 e. The fourth-order valence-corrected chi connectivity index (χ4v) is 4.16. The Morgan fingerprint density at radius 3 is 2.38 bits per heavy atom. The van der Waals surface area contributed by atoms with Crippen LogP contribution < -0.4 is 10.9 Å². The van der Waals surface area contributed by atoms with Crippen molar-refractivity contribution >= 4 is 5.91 Å². The van der Waals surface area contributed by atoms with Gasteiger partial charge in [-0.3, -0.25) is 9.59 Å². The molecule has 132 valence electrons. The van der Waals surface area contributed by atoms with Crippen LogP contribution in [0.2, 0.25) is 0 Å². The van der Waals surface area contributed by atoms with Crippen LogP contribution in [0.4, 0.5) is 0 Å². The minimum Gasteiger partial charge on any atom is -0.342 e.